The van der Waals surface area contributed by atoms with Crippen LogP contribution in [0.2, 0.25) is 0 Å². The third-order valence-electron chi connectivity index (χ3n) is 5.77. The summed E-state index contributed by atoms with van der Waals surface area (Å²) in [6, 6.07) is 19.7. The molecule has 5 rings (SSSR count). The van der Waals surface area contributed by atoms with Crippen LogP contribution in [0.15, 0.2) is 65.1 Å². The highest BCUT2D eigenvalue weighted by molar-refractivity contribution is 7.21. The van der Waals surface area contributed by atoms with Crippen molar-refractivity contribution in [2.24, 2.45) is 0 Å². The lowest BCUT2D eigenvalue weighted by molar-refractivity contribution is 0.0792. The molecule has 0 saturated carbocycles. The molecular weight excluding hydrogens is 422 g/mol. The summed E-state index contributed by atoms with van der Waals surface area (Å²) in [5, 5.41) is 13.3. The quantitative estimate of drug-likeness (QED) is 0.457. The summed E-state index contributed by atoms with van der Waals surface area (Å²) in [5.74, 6) is 0.641. The molecule has 1 saturated heterocycles. The number of piperidine rings is 1. The number of aliphatic hydroxyl groups is 1. The van der Waals surface area contributed by atoms with Crippen molar-refractivity contribution in [2.45, 2.75) is 32.0 Å². The number of hydrogen-bond donors (Lipinski definition) is 2. The molecule has 32 heavy (non-hydrogen) atoms. The fraction of sp³-hybridized carbons (Fsp3) is 0.280. The van der Waals surface area contributed by atoms with Gasteiger partial charge in [0.05, 0.1) is 16.3 Å². The highest BCUT2D eigenvalue weighted by atomic mass is 32.1. The Hall–Kier alpha value is -3.00. The molecule has 0 bridgehead atoms. The number of amides is 1. The normalized spacial score (nSPS) is 15.3. The second-order valence-electron chi connectivity index (χ2n) is 8.16. The molecule has 1 fully saturated rings. The molecule has 0 spiro atoms. The summed E-state index contributed by atoms with van der Waals surface area (Å²) in [5.41, 5.74) is 3.20. The van der Waals surface area contributed by atoms with Crippen molar-refractivity contribution in [3.8, 4) is 10.8 Å². The van der Waals surface area contributed by atoms with E-state index < -0.39 is 0 Å². The summed E-state index contributed by atoms with van der Waals surface area (Å²) in [4.78, 5) is 19.5. The van der Waals surface area contributed by atoms with E-state index in [4.69, 9.17) is 4.42 Å². The van der Waals surface area contributed by atoms with Crippen molar-refractivity contribution < 1.29 is 14.3 Å². The number of aliphatic hydroxyl groups excluding tert-OH is 1. The average Bonchev–Trinajstić information content (AvgIpc) is 3.47. The van der Waals surface area contributed by atoms with Gasteiger partial charge in [0.15, 0.2) is 16.5 Å². The van der Waals surface area contributed by atoms with Gasteiger partial charge in [0.25, 0.3) is 5.91 Å². The minimum atomic E-state index is -0.242. The van der Waals surface area contributed by atoms with Crippen molar-refractivity contribution in [1.29, 1.82) is 0 Å². The lowest BCUT2D eigenvalue weighted by atomic mass is 10.1. The van der Waals surface area contributed by atoms with Gasteiger partial charge in [-0.25, -0.2) is 4.98 Å². The molecule has 7 heteroatoms. The first-order valence-electron chi connectivity index (χ1n) is 10.9. The Labute approximate surface area is 190 Å². The molecule has 1 amide bonds. The first-order valence-corrected chi connectivity index (χ1v) is 11.7. The number of nitrogens with zero attached hydrogens (tertiary/aromatic N) is 2. The highest BCUT2D eigenvalue weighted by Crippen LogP contribution is 2.31. The Kier molecular flexibility index (Phi) is 6.03. The van der Waals surface area contributed by atoms with Gasteiger partial charge in [-0.1, -0.05) is 36.4 Å². The fourth-order valence-electron chi connectivity index (χ4n) is 3.92. The molecule has 164 valence electrons. The second-order valence-corrected chi connectivity index (χ2v) is 9.19. The molecule has 2 aromatic carbocycles. The van der Waals surface area contributed by atoms with Crippen LogP contribution in [-0.4, -0.2) is 40.1 Å². The number of aromatic nitrogens is 1. The Balaban J connectivity index is 1.16. The lowest BCUT2D eigenvalue weighted by Crippen LogP contribution is -2.35. The Bertz CT molecular complexity index is 1170. The SMILES string of the molecule is O=C(NCc1ccc(CN2CCC(O)CC2)cc1)c1ccc(-c2nc3ccccc3s2)o1. The predicted octanol–water partition coefficient (Wildman–Crippen LogP) is 4.44. The molecule has 2 aromatic heterocycles. The van der Waals surface area contributed by atoms with Crippen LogP contribution in [0.25, 0.3) is 21.0 Å². The third-order valence-corrected chi connectivity index (χ3v) is 6.82. The van der Waals surface area contributed by atoms with Gasteiger partial charge in [-0.2, -0.15) is 0 Å². The van der Waals surface area contributed by atoms with E-state index >= 15 is 0 Å². The van der Waals surface area contributed by atoms with Gasteiger partial charge in [-0.3, -0.25) is 9.69 Å². The number of carbonyl (C=O) groups excluding carboxylic acids is 1. The van der Waals surface area contributed by atoms with E-state index in [2.05, 4.69) is 27.3 Å². The van der Waals surface area contributed by atoms with Crippen LogP contribution in [0.3, 0.4) is 0 Å². The van der Waals surface area contributed by atoms with Gasteiger partial charge in [0.1, 0.15) is 0 Å². The molecule has 1 aliphatic rings. The van der Waals surface area contributed by atoms with E-state index in [0.717, 1.165) is 53.3 Å². The molecular formula is C25H25N3O3S. The number of thiazole rings is 1. The first-order chi connectivity index (χ1) is 15.6. The van der Waals surface area contributed by atoms with Crippen LogP contribution < -0.4 is 5.32 Å². The third kappa shape index (κ3) is 4.75. The van der Waals surface area contributed by atoms with Crippen molar-refractivity contribution in [2.75, 3.05) is 13.1 Å². The second kappa shape index (κ2) is 9.24. The van der Waals surface area contributed by atoms with Crippen LogP contribution >= 0.6 is 11.3 Å². The predicted molar refractivity (Wildman–Crippen MR) is 125 cm³/mol. The summed E-state index contributed by atoms with van der Waals surface area (Å²) < 4.78 is 6.86. The maximum Gasteiger partial charge on any atom is 0.287 e. The van der Waals surface area contributed by atoms with E-state index in [1.807, 2.05) is 36.4 Å². The Morgan fingerprint density at radius 3 is 2.59 bits per heavy atom. The molecule has 0 atom stereocenters. The largest absolute Gasteiger partial charge is 0.448 e. The van der Waals surface area contributed by atoms with Crippen LogP contribution in [0.1, 0.15) is 34.5 Å². The standard InChI is InChI=1S/C25H25N3O3S/c29-19-11-13-28(14-12-19)16-18-7-5-17(6-8-18)15-26-24(30)21-9-10-22(31-21)25-27-20-3-1-2-4-23(20)32-25/h1-10,19,29H,11-16H2,(H,26,30). The van der Waals surface area contributed by atoms with Gasteiger partial charge in [0, 0.05) is 26.2 Å². The number of hydrogen-bond acceptors (Lipinski definition) is 6. The summed E-state index contributed by atoms with van der Waals surface area (Å²) in [6.07, 6.45) is 1.54. The monoisotopic (exact) mass is 447 g/mol. The minimum Gasteiger partial charge on any atom is -0.448 e. The lowest BCUT2D eigenvalue weighted by Gasteiger charge is -2.29. The van der Waals surface area contributed by atoms with E-state index in [0.29, 0.717) is 12.3 Å². The topological polar surface area (TPSA) is 78.6 Å². The minimum absolute atomic E-state index is 0.149. The van der Waals surface area contributed by atoms with E-state index in [1.54, 1.807) is 23.5 Å². The maximum atomic E-state index is 12.5. The highest BCUT2D eigenvalue weighted by Gasteiger charge is 2.17. The zero-order valence-electron chi connectivity index (χ0n) is 17.7. The summed E-state index contributed by atoms with van der Waals surface area (Å²) in [7, 11) is 0. The molecule has 6 nitrogen and oxygen atoms in total. The molecule has 1 aliphatic heterocycles. The zero-order chi connectivity index (χ0) is 21.9. The van der Waals surface area contributed by atoms with Gasteiger partial charge >= 0.3 is 0 Å². The van der Waals surface area contributed by atoms with E-state index in [1.165, 1.54) is 5.56 Å². The van der Waals surface area contributed by atoms with Gasteiger partial charge in [-0.05, 0) is 48.2 Å². The molecule has 2 N–H and O–H groups in total. The Morgan fingerprint density at radius 2 is 1.81 bits per heavy atom. The van der Waals surface area contributed by atoms with Crippen molar-refractivity contribution in [1.82, 2.24) is 15.2 Å². The molecule has 0 aliphatic carbocycles. The number of nitrogens with one attached hydrogen (secondary N) is 1. The van der Waals surface area contributed by atoms with E-state index in [-0.39, 0.29) is 17.8 Å². The number of para-hydroxylation sites is 1. The molecule has 0 unspecified atom stereocenters. The number of furan rings is 1. The van der Waals surface area contributed by atoms with Crippen LogP contribution in [0.5, 0.6) is 0 Å². The van der Waals surface area contributed by atoms with Crippen molar-refractivity contribution in [3.63, 3.8) is 0 Å². The average molecular weight is 448 g/mol. The molecule has 4 aromatic rings. The fourth-order valence-corrected chi connectivity index (χ4v) is 4.85. The number of likely N-dealkylation sites (tertiary alicyclic amines) is 1. The van der Waals surface area contributed by atoms with Crippen molar-refractivity contribution in [3.05, 3.63) is 77.6 Å². The number of fused-ring (bicyclic) bond motifs is 1. The van der Waals surface area contributed by atoms with Crippen LogP contribution in [-0.2, 0) is 13.1 Å². The first kappa shape index (κ1) is 20.9. The smallest absolute Gasteiger partial charge is 0.287 e. The van der Waals surface area contributed by atoms with E-state index in [9.17, 15) is 9.90 Å². The number of rotatable bonds is 6. The maximum absolute atomic E-state index is 12.5. The van der Waals surface area contributed by atoms with Crippen molar-refractivity contribution >= 4 is 27.5 Å². The van der Waals surface area contributed by atoms with Gasteiger partial charge in [-0.15, -0.1) is 11.3 Å². The van der Waals surface area contributed by atoms with Gasteiger partial charge < -0.3 is 14.8 Å². The summed E-state index contributed by atoms with van der Waals surface area (Å²) >= 11 is 1.55. The number of benzene rings is 2. The summed E-state index contributed by atoms with van der Waals surface area (Å²) in [6.45, 7) is 3.19. The molecule has 3 heterocycles. The Morgan fingerprint density at radius 1 is 1.06 bits per heavy atom. The number of carbonyl (C=O) groups is 1. The van der Waals surface area contributed by atoms with Gasteiger partial charge in [0.2, 0.25) is 0 Å². The zero-order valence-corrected chi connectivity index (χ0v) is 18.5. The van der Waals surface area contributed by atoms with Crippen LogP contribution in [0, 0.1) is 0 Å². The molecule has 0 radical (unpaired) electrons. The van der Waals surface area contributed by atoms with Crippen LogP contribution in [0.4, 0.5) is 0 Å².